The third-order valence-electron chi connectivity index (χ3n) is 8.70. The number of esters is 1. The number of benzene rings is 2. The number of hydrogen-bond donors (Lipinski definition) is 2. The molecule has 0 aliphatic carbocycles. The van der Waals surface area contributed by atoms with Crippen molar-refractivity contribution in [3.63, 3.8) is 0 Å². The van der Waals surface area contributed by atoms with Crippen LogP contribution in [0, 0.1) is 5.82 Å². The maximum atomic E-state index is 14.1. The molecule has 3 aliphatic heterocycles. The minimum atomic E-state index is -3.34. The van der Waals surface area contributed by atoms with Crippen LogP contribution in [0.15, 0.2) is 70.3 Å². The maximum absolute atomic E-state index is 14.1. The molecular weight excluding hydrogens is 697 g/mol. The largest absolute Gasteiger partial charge is 0.466 e. The molecular formula is C32H35ClFN7O6S2. The number of thiazole rings is 1. The number of carbonyl (C=O) groups excluding carboxylic acids is 2. The number of anilines is 1. The van der Waals surface area contributed by atoms with E-state index in [1.807, 2.05) is 10.3 Å². The van der Waals surface area contributed by atoms with Crippen LogP contribution in [0.3, 0.4) is 0 Å². The monoisotopic (exact) mass is 731 g/mol. The van der Waals surface area contributed by atoms with E-state index in [0.29, 0.717) is 54.0 Å². The lowest BCUT2D eigenvalue weighted by atomic mass is 9.94. The van der Waals surface area contributed by atoms with Gasteiger partial charge in [-0.25, -0.2) is 32.1 Å². The molecule has 6 rings (SSSR count). The van der Waals surface area contributed by atoms with Crippen molar-refractivity contribution >= 4 is 56.5 Å². The predicted molar refractivity (Wildman–Crippen MR) is 184 cm³/mol. The Bertz CT molecular complexity index is 1890. The summed E-state index contributed by atoms with van der Waals surface area (Å²) < 4.78 is 50.5. The number of aliphatic imine (C=N–C) groups is 1. The summed E-state index contributed by atoms with van der Waals surface area (Å²) in [5, 5.41) is 5.86. The topological polar surface area (TPSA) is 146 Å². The first-order chi connectivity index (χ1) is 23.5. The summed E-state index contributed by atoms with van der Waals surface area (Å²) in [4.78, 5) is 42.1. The zero-order valence-electron chi connectivity index (χ0n) is 26.9. The van der Waals surface area contributed by atoms with Gasteiger partial charge in [0.1, 0.15) is 11.9 Å². The van der Waals surface area contributed by atoms with Crippen molar-refractivity contribution in [3.05, 3.63) is 92.3 Å². The molecule has 260 valence electrons. The summed E-state index contributed by atoms with van der Waals surface area (Å²) in [5.74, 6) is -0.701. The number of rotatable bonds is 11. The van der Waals surface area contributed by atoms with Crippen LogP contribution < -0.4 is 14.9 Å². The average molecular weight is 732 g/mol. The Labute approximate surface area is 292 Å². The molecule has 3 atom stereocenters. The number of urea groups is 1. The van der Waals surface area contributed by atoms with Crippen LogP contribution in [0.5, 0.6) is 0 Å². The first-order valence-electron chi connectivity index (χ1n) is 15.3. The third-order valence-corrected chi connectivity index (χ3v) is 10.5. The lowest BCUT2D eigenvalue weighted by Crippen LogP contribution is -2.61. The van der Waals surface area contributed by atoms with Crippen molar-refractivity contribution in [1.82, 2.24) is 24.8 Å². The summed E-state index contributed by atoms with van der Waals surface area (Å²) in [7, 11) is -0.452. The van der Waals surface area contributed by atoms with Crippen LogP contribution in [0.25, 0.3) is 0 Å². The van der Waals surface area contributed by atoms with Gasteiger partial charge in [-0.3, -0.25) is 14.8 Å². The van der Waals surface area contributed by atoms with Crippen molar-refractivity contribution in [1.29, 1.82) is 0 Å². The minimum Gasteiger partial charge on any atom is -0.466 e. The van der Waals surface area contributed by atoms with E-state index in [2.05, 4.69) is 19.9 Å². The fourth-order valence-electron chi connectivity index (χ4n) is 6.38. The highest BCUT2D eigenvalue weighted by atomic mass is 35.5. The first-order valence-corrected chi connectivity index (χ1v) is 18.5. The number of halogens is 2. The zero-order chi connectivity index (χ0) is 34.9. The van der Waals surface area contributed by atoms with Crippen LogP contribution in [0.2, 0.25) is 5.02 Å². The van der Waals surface area contributed by atoms with Crippen LogP contribution in [-0.2, 0) is 30.8 Å². The normalized spacial score (nSPS) is 21.4. The summed E-state index contributed by atoms with van der Waals surface area (Å²) in [6, 6.07) is 9.61. The van der Waals surface area contributed by atoms with Gasteiger partial charge in [-0.05, 0) is 29.8 Å². The van der Waals surface area contributed by atoms with Crippen LogP contribution in [0.1, 0.15) is 22.2 Å². The number of carbonyl (C=O) groups is 2. The molecule has 0 spiro atoms. The molecule has 17 heteroatoms. The number of hydrogen-bond acceptors (Lipinski definition) is 11. The van der Waals surface area contributed by atoms with Gasteiger partial charge in [0.05, 0.1) is 37.6 Å². The molecule has 4 heterocycles. The molecule has 0 bridgehead atoms. The predicted octanol–water partition coefficient (Wildman–Crippen LogP) is 3.14. The lowest BCUT2D eigenvalue weighted by molar-refractivity contribution is -0.136. The van der Waals surface area contributed by atoms with Gasteiger partial charge in [0.25, 0.3) is 0 Å². The number of amidine groups is 1. The van der Waals surface area contributed by atoms with E-state index in [1.54, 1.807) is 42.5 Å². The fraction of sp³-hybridized carbons (Fsp3) is 0.375. The molecule has 1 aromatic heterocycles. The highest BCUT2D eigenvalue weighted by Crippen LogP contribution is 2.38. The second-order valence-corrected chi connectivity index (χ2v) is 14.9. The van der Waals surface area contributed by atoms with E-state index in [1.165, 1.54) is 36.6 Å². The number of nitrogens with one attached hydrogen (secondary N) is 2. The van der Waals surface area contributed by atoms with Crippen LogP contribution >= 0.6 is 22.9 Å². The molecule has 2 amide bonds. The van der Waals surface area contributed by atoms with E-state index in [9.17, 15) is 22.4 Å². The molecule has 2 saturated heterocycles. The second kappa shape index (κ2) is 14.5. The lowest BCUT2D eigenvalue weighted by Gasteiger charge is -2.44. The van der Waals surface area contributed by atoms with Crippen molar-refractivity contribution < 1.29 is 31.9 Å². The van der Waals surface area contributed by atoms with Gasteiger partial charge in [0, 0.05) is 73.4 Å². The number of ether oxygens (including phenoxy) is 2. The first kappa shape index (κ1) is 34.9. The van der Waals surface area contributed by atoms with Gasteiger partial charge in [-0.15, -0.1) is 11.3 Å². The standard InChI is InChI=1S/C32H35ClFN7O6S2/c1-46-18-26-25-17-41(21-7-4-19(5-8-21)15-36-49(3,44)45)32(43)40(25)12-11-39(26)16-24-27(31(42)47-2)28(22-9-6-20(34)14-23(22)33)38-29(37-24)30-35-10-13-48-30/h4-10,13-14,25-26,28,36H,11-12,15-18H2,1-3H3,(H,37,38)/t25-,26-,28+/m1/s1. The SMILES string of the molecule is COC[C@@H]1[C@H]2CN(c3ccc(CNS(C)(=O)=O)cc3)C(=O)N2CCN1CC1=C(C(=O)OC)[C@H](c2ccc(F)cc2Cl)N=C(c2nccs2)N1. The van der Waals surface area contributed by atoms with E-state index < -0.39 is 27.9 Å². The zero-order valence-corrected chi connectivity index (χ0v) is 29.3. The van der Waals surface area contributed by atoms with E-state index in [4.69, 9.17) is 26.1 Å². The van der Waals surface area contributed by atoms with Gasteiger partial charge >= 0.3 is 12.0 Å². The average Bonchev–Trinajstić information content (AvgIpc) is 3.73. The number of aromatic nitrogens is 1. The number of nitrogens with zero attached hydrogens (tertiary/aromatic N) is 5. The van der Waals surface area contributed by atoms with Crippen molar-refractivity contribution in [2.45, 2.75) is 24.7 Å². The highest BCUT2D eigenvalue weighted by Gasteiger charge is 2.47. The molecule has 13 nitrogen and oxygen atoms in total. The Hall–Kier alpha value is -3.93. The number of fused-ring (bicyclic) bond motifs is 1. The van der Waals surface area contributed by atoms with Gasteiger partial charge in [0.15, 0.2) is 10.8 Å². The fourth-order valence-corrected chi connectivity index (χ4v) is 7.66. The summed E-state index contributed by atoms with van der Waals surface area (Å²) in [5.41, 5.74) is 2.64. The molecule has 0 unspecified atom stereocenters. The summed E-state index contributed by atoms with van der Waals surface area (Å²) in [6.45, 7) is 2.00. The molecule has 2 fully saturated rings. The van der Waals surface area contributed by atoms with Gasteiger partial charge in [-0.1, -0.05) is 29.8 Å². The molecule has 0 saturated carbocycles. The second-order valence-electron chi connectivity index (χ2n) is 11.8. The molecule has 2 N–H and O–H groups in total. The molecule has 3 aliphatic rings. The Morgan fingerprint density at radius 3 is 2.61 bits per heavy atom. The quantitative estimate of drug-likeness (QED) is 0.284. The van der Waals surface area contributed by atoms with Gasteiger partial charge in [0.2, 0.25) is 10.0 Å². The Kier molecular flexibility index (Phi) is 10.3. The Balaban J connectivity index is 1.30. The number of piperazine rings is 1. The Morgan fingerprint density at radius 1 is 1.18 bits per heavy atom. The van der Waals surface area contributed by atoms with Gasteiger partial charge < -0.3 is 19.7 Å². The molecule has 49 heavy (non-hydrogen) atoms. The van der Waals surface area contributed by atoms with E-state index in [0.717, 1.165) is 11.8 Å². The van der Waals surface area contributed by atoms with Crippen molar-refractivity contribution in [2.75, 3.05) is 58.2 Å². The number of sulfonamides is 1. The summed E-state index contributed by atoms with van der Waals surface area (Å²) >= 11 is 7.89. The minimum absolute atomic E-state index is 0.116. The smallest absolute Gasteiger partial charge is 0.338 e. The van der Waals surface area contributed by atoms with Crippen molar-refractivity contribution in [2.24, 2.45) is 4.99 Å². The maximum Gasteiger partial charge on any atom is 0.338 e. The highest BCUT2D eigenvalue weighted by molar-refractivity contribution is 7.88. The van der Waals surface area contributed by atoms with Crippen LogP contribution in [0.4, 0.5) is 14.9 Å². The number of methoxy groups -OCH3 is 2. The molecule has 0 radical (unpaired) electrons. The third kappa shape index (κ3) is 7.49. The van der Waals surface area contributed by atoms with E-state index >= 15 is 0 Å². The Morgan fingerprint density at radius 2 is 1.96 bits per heavy atom. The van der Waals surface area contributed by atoms with Gasteiger partial charge in [-0.2, -0.15) is 0 Å². The number of amides is 2. The van der Waals surface area contributed by atoms with Crippen LogP contribution in [-0.4, -0.2) is 106 Å². The van der Waals surface area contributed by atoms with E-state index in [-0.39, 0.29) is 41.8 Å². The van der Waals surface area contributed by atoms with Crippen molar-refractivity contribution in [3.8, 4) is 0 Å². The summed E-state index contributed by atoms with van der Waals surface area (Å²) in [6.07, 6.45) is 2.75. The molecule has 2 aromatic carbocycles. The molecule has 3 aromatic rings.